The maximum absolute atomic E-state index is 13.2. The number of nitrogens with one attached hydrogen (secondary N) is 3. The lowest BCUT2D eigenvalue weighted by Gasteiger charge is -2.27. The van der Waals surface area contributed by atoms with Gasteiger partial charge in [-0.2, -0.15) is 0 Å². The molecule has 0 saturated heterocycles. The Hall–Kier alpha value is -2.78. The molecule has 0 spiro atoms. The van der Waals surface area contributed by atoms with Gasteiger partial charge < -0.3 is 32.2 Å². The zero-order chi connectivity index (χ0) is 25.7. The van der Waals surface area contributed by atoms with Crippen LogP contribution in [0.25, 0.3) is 0 Å². The summed E-state index contributed by atoms with van der Waals surface area (Å²) in [6.07, 6.45) is 2.88. The molecule has 0 unspecified atom stereocenters. The summed E-state index contributed by atoms with van der Waals surface area (Å²) in [5, 5.41) is 8.21. The summed E-state index contributed by atoms with van der Waals surface area (Å²) in [5.74, 6) is -1.70. The zero-order valence-corrected chi connectivity index (χ0v) is 20.8. The van der Waals surface area contributed by atoms with E-state index in [1.165, 1.54) is 0 Å². The minimum Gasteiger partial charge on any atom is -0.345 e. The molecule has 1 rings (SSSR count). The number of rotatable bonds is 15. The number of amides is 3. The van der Waals surface area contributed by atoms with E-state index in [1.54, 1.807) is 13.8 Å². The molecule has 4 atom stereocenters. The van der Waals surface area contributed by atoms with Crippen LogP contribution in [0.3, 0.4) is 0 Å². The monoisotopic (exact) mass is 475 g/mol. The number of benzene rings is 1. The lowest BCUT2D eigenvalue weighted by molar-refractivity contribution is -0.134. The molecule has 0 bridgehead atoms. The molecule has 1 aromatic rings. The summed E-state index contributed by atoms with van der Waals surface area (Å²) in [7, 11) is 0. The van der Waals surface area contributed by atoms with Crippen molar-refractivity contribution in [3.63, 3.8) is 0 Å². The highest BCUT2D eigenvalue weighted by molar-refractivity contribution is 5.93. The van der Waals surface area contributed by atoms with Crippen LogP contribution in [0.15, 0.2) is 30.3 Å². The summed E-state index contributed by atoms with van der Waals surface area (Å²) in [5.41, 5.74) is 12.3. The van der Waals surface area contributed by atoms with Gasteiger partial charge in [-0.1, -0.05) is 64.4 Å². The third-order valence-corrected chi connectivity index (χ3v) is 5.64. The van der Waals surface area contributed by atoms with Crippen LogP contribution >= 0.6 is 0 Å². The molecule has 0 aliphatic heterocycles. The summed E-state index contributed by atoms with van der Waals surface area (Å²) in [4.78, 5) is 50.1. The molecular weight excluding hydrogens is 434 g/mol. The summed E-state index contributed by atoms with van der Waals surface area (Å²) in [6.45, 7) is 7.78. The summed E-state index contributed by atoms with van der Waals surface area (Å²) >= 11 is 0. The zero-order valence-electron chi connectivity index (χ0n) is 20.8. The van der Waals surface area contributed by atoms with Gasteiger partial charge in [0.05, 0.1) is 12.1 Å². The van der Waals surface area contributed by atoms with Gasteiger partial charge in [0.1, 0.15) is 18.4 Å². The molecule has 3 amide bonds. The van der Waals surface area contributed by atoms with Crippen molar-refractivity contribution >= 4 is 24.0 Å². The fraction of sp³-hybridized carbons (Fsp3) is 0.600. The molecule has 7 N–H and O–H groups in total. The SMILES string of the molecule is CC(C)[C@H](NC(=O)[C@@H](N)CCCCN)C(=O)N[C@@H](Cc1ccccc1)C(=O)N[C@H](C=O)C(C)C. The van der Waals surface area contributed by atoms with E-state index in [-0.39, 0.29) is 18.3 Å². The number of nitrogens with two attached hydrogens (primary N) is 2. The minimum atomic E-state index is -0.924. The first-order valence-electron chi connectivity index (χ1n) is 12.0. The molecule has 0 aliphatic rings. The van der Waals surface area contributed by atoms with Crippen LogP contribution in [0, 0.1) is 11.8 Å². The Bertz CT molecular complexity index is 785. The van der Waals surface area contributed by atoms with Gasteiger partial charge in [0, 0.05) is 6.42 Å². The second-order valence-corrected chi connectivity index (χ2v) is 9.29. The molecule has 0 aliphatic carbocycles. The average Bonchev–Trinajstić information content (AvgIpc) is 2.80. The minimum absolute atomic E-state index is 0.0991. The lowest BCUT2D eigenvalue weighted by atomic mass is 9.99. The van der Waals surface area contributed by atoms with E-state index in [4.69, 9.17) is 11.5 Å². The molecule has 0 radical (unpaired) electrons. The smallest absolute Gasteiger partial charge is 0.243 e. The second-order valence-electron chi connectivity index (χ2n) is 9.29. The molecule has 34 heavy (non-hydrogen) atoms. The summed E-state index contributed by atoms with van der Waals surface area (Å²) < 4.78 is 0. The molecule has 9 nitrogen and oxygen atoms in total. The number of carbonyl (C=O) groups excluding carboxylic acids is 4. The fourth-order valence-electron chi connectivity index (χ4n) is 3.38. The van der Waals surface area contributed by atoms with Gasteiger partial charge in [0.2, 0.25) is 17.7 Å². The van der Waals surface area contributed by atoms with Crippen LogP contribution in [0.1, 0.15) is 52.5 Å². The van der Waals surface area contributed by atoms with Gasteiger partial charge in [-0.25, -0.2) is 0 Å². The standard InChI is InChI=1S/C25H41N5O4/c1-16(2)21(15-31)29-24(33)20(14-18-10-6-5-7-11-18)28-25(34)22(17(3)4)30-23(32)19(27)12-8-9-13-26/h5-7,10-11,15-17,19-22H,8-9,12-14,26-27H2,1-4H3,(H,28,34)(H,29,33)(H,30,32)/t19-,20-,21+,22-/m0/s1. The van der Waals surface area contributed by atoms with E-state index in [0.29, 0.717) is 19.3 Å². The Balaban J connectivity index is 2.98. The van der Waals surface area contributed by atoms with Crippen molar-refractivity contribution in [2.45, 2.75) is 77.5 Å². The Morgan fingerprint density at radius 3 is 2.06 bits per heavy atom. The lowest BCUT2D eigenvalue weighted by Crippen LogP contribution is -2.58. The van der Waals surface area contributed by atoms with Crippen molar-refractivity contribution in [1.29, 1.82) is 0 Å². The first kappa shape index (κ1) is 29.3. The van der Waals surface area contributed by atoms with Crippen LogP contribution in [-0.2, 0) is 25.6 Å². The first-order valence-corrected chi connectivity index (χ1v) is 12.0. The molecule has 0 heterocycles. The molecular formula is C25H41N5O4. The largest absolute Gasteiger partial charge is 0.345 e. The van der Waals surface area contributed by atoms with E-state index in [1.807, 2.05) is 44.2 Å². The van der Waals surface area contributed by atoms with Gasteiger partial charge in [0.15, 0.2) is 0 Å². The number of carbonyl (C=O) groups is 4. The van der Waals surface area contributed by atoms with Crippen molar-refractivity contribution in [2.75, 3.05) is 6.54 Å². The predicted octanol–water partition coefficient (Wildman–Crippen LogP) is 0.651. The normalized spacial score (nSPS) is 14.7. The Kier molecular flexibility index (Phi) is 13.1. The number of unbranched alkanes of at least 4 members (excludes halogenated alkanes) is 1. The Morgan fingerprint density at radius 1 is 0.882 bits per heavy atom. The van der Waals surface area contributed by atoms with Crippen molar-refractivity contribution < 1.29 is 19.2 Å². The quantitative estimate of drug-likeness (QED) is 0.185. The van der Waals surface area contributed by atoms with Gasteiger partial charge in [0.25, 0.3) is 0 Å². The van der Waals surface area contributed by atoms with E-state index in [2.05, 4.69) is 16.0 Å². The maximum atomic E-state index is 13.2. The second kappa shape index (κ2) is 15.2. The molecule has 0 fully saturated rings. The van der Waals surface area contributed by atoms with Gasteiger partial charge >= 0.3 is 0 Å². The molecule has 0 aromatic heterocycles. The van der Waals surface area contributed by atoms with Crippen molar-refractivity contribution in [3.8, 4) is 0 Å². The number of hydrogen-bond acceptors (Lipinski definition) is 6. The Morgan fingerprint density at radius 2 is 1.53 bits per heavy atom. The van der Waals surface area contributed by atoms with Crippen molar-refractivity contribution in [2.24, 2.45) is 23.3 Å². The highest BCUT2D eigenvalue weighted by Crippen LogP contribution is 2.09. The van der Waals surface area contributed by atoms with Crippen LogP contribution < -0.4 is 27.4 Å². The van der Waals surface area contributed by atoms with E-state index in [9.17, 15) is 19.2 Å². The molecule has 9 heteroatoms. The predicted molar refractivity (Wildman–Crippen MR) is 133 cm³/mol. The third kappa shape index (κ3) is 10.0. The van der Waals surface area contributed by atoms with E-state index < -0.39 is 41.9 Å². The maximum Gasteiger partial charge on any atom is 0.243 e. The van der Waals surface area contributed by atoms with E-state index in [0.717, 1.165) is 18.4 Å². The van der Waals surface area contributed by atoms with Gasteiger partial charge in [-0.15, -0.1) is 0 Å². The Labute approximate surface area is 202 Å². The van der Waals surface area contributed by atoms with E-state index >= 15 is 0 Å². The summed E-state index contributed by atoms with van der Waals surface area (Å²) in [6, 6.07) is 6.05. The van der Waals surface area contributed by atoms with Crippen LogP contribution in [0.5, 0.6) is 0 Å². The highest BCUT2D eigenvalue weighted by Gasteiger charge is 2.31. The van der Waals surface area contributed by atoms with Gasteiger partial charge in [-0.3, -0.25) is 14.4 Å². The van der Waals surface area contributed by atoms with Crippen LogP contribution in [0.2, 0.25) is 0 Å². The molecule has 1 aromatic carbocycles. The molecule has 0 saturated carbocycles. The van der Waals surface area contributed by atoms with Gasteiger partial charge in [-0.05, 0) is 36.8 Å². The number of aldehydes is 1. The van der Waals surface area contributed by atoms with Crippen LogP contribution in [-0.4, -0.2) is 54.7 Å². The van der Waals surface area contributed by atoms with Crippen molar-refractivity contribution in [3.05, 3.63) is 35.9 Å². The number of hydrogen-bond donors (Lipinski definition) is 5. The van der Waals surface area contributed by atoms with Crippen LogP contribution in [0.4, 0.5) is 0 Å². The highest BCUT2D eigenvalue weighted by atomic mass is 16.2. The fourth-order valence-corrected chi connectivity index (χ4v) is 3.38. The average molecular weight is 476 g/mol. The topological polar surface area (TPSA) is 156 Å². The third-order valence-electron chi connectivity index (χ3n) is 5.64. The molecule has 190 valence electrons. The van der Waals surface area contributed by atoms with Crippen molar-refractivity contribution in [1.82, 2.24) is 16.0 Å². The first-order chi connectivity index (χ1) is 16.1.